The highest BCUT2D eigenvalue weighted by molar-refractivity contribution is 9.09. The number of carboxylic acid groups (broad SMARTS) is 3. The molecule has 0 heterocycles. The maximum absolute atomic E-state index is 12.4. The van der Waals surface area contributed by atoms with E-state index in [2.05, 4.69) is 42.5 Å². The number of carboxylic acids is 3. The summed E-state index contributed by atoms with van der Waals surface area (Å²) in [6.45, 7) is 1.18. The van der Waals surface area contributed by atoms with E-state index in [0.29, 0.717) is 25.8 Å². The van der Waals surface area contributed by atoms with Crippen molar-refractivity contribution < 1.29 is 72.6 Å². The van der Waals surface area contributed by atoms with Crippen molar-refractivity contribution in [2.24, 2.45) is 0 Å². The Hall–Kier alpha value is -3.92. The van der Waals surface area contributed by atoms with Gasteiger partial charge in [-0.05, 0) is 38.5 Å². The van der Waals surface area contributed by atoms with Gasteiger partial charge in [-0.25, -0.2) is 9.59 Å². The highest BCUT2D eigenvalue weighted by Crippen LogP contribution is 2.14. The van der Waals surface area contributed by atoms with Crippen molar-refractivity contribution in [3.8, 4) is 0 Å². The highest BCUT2D eigenvalue weighted by Gasteiger charge is 2.21. The molecule has 21 heteroatoms. The first-order chi connectivity index (χ1) is 31.8. The normalized spacial score (nSPS) is 11.9. The van der Waals surface area contributed by atoms with Gasteiger partial charge in [-0.1, -0.05) is 106 Å². The molecule has 2 atom stereocenters. The van der Waals surface area contributed by atoms with Crippen LogP contribution in [0.5, 0.6) is 0 Å². The highest BCUT2D eigenvalue weighted by atomic mass is 79.9. The Bertz CT molecular complexity index is 1350. The largest absolute Gasteiger partial charge is 0.481 e. The lowest BCUT2D eigenvalue weighted by molar-refractivity contribution is -0.143. The molecule has 0 aliphatic heterocycles. The Kier molecular flexibility index (Phi) is 42.2. The van der Waals surface area contributed by atoms with Gasteiger partial charge in [-0.2, -0.15) is 0 Å². The van der Waals surface area contributed by atoms with Crippen molar-refractivity contribution in [3.63, 3.8) is 0 Å². The molecular weight excluding hydrogens is 930 g/mol. The molecule has 5 amide bonds. The van der Waals surface area contributed by atoms with E-state index in [1.165, 1.54) is 57.8 Å². The quantitative estimate of drug-likeness (QED) is 0.0316. The summed E-state index contributed by atoms with van der Waals surface area (Å²) in [7, 11) is 0. The molecule has 0 aromatic heterocycles. The molecule has 8 N–H and O–H groups in total. The zero-order valence-electron chi connectivity index (χ0n) is 39.0. The van der Waals surface area contributed by atoms with Gasteiger partial charge in [0.2, 0.25) is 29.5 Å². The van der Waals surface area contributed by atoms with Gasteiger partial charge in [0.05, 0.1) is 45.0 Å². The topological polar surface area (TPSA) is 294 Å². The maximum atomic E-state index is 12.4. The molecule has 0 radical (unpaired) electrons. The summed E-state index contributed by atoms with van der Waals surface area (Å²) >= 11 is 3.04. The van der Waals surface area contributed by atoms with Crippen molar-refractivity contribution in [1.82, 2.24) is 26.6 Å². The van der Waals surface area contributed by atoms with E-state index in [4.69, 9.17) is 24.1 Å². The van der Waals surface area contributed by atoms with Crippen LogP contribution in [0.15, 0.2) is 0 Å². The summed E-state index contributed by atoms with van der Waals surface area (Å²) in [6, 6.07) is -2.22. The molecular formula is C45H80BrN5O15. The minimum Gasteiger partial charge on any atom is -0.481 e. The third kappa shape index (κ3) is 42.7. The van der Waals surface area contributed by atoms with Crippen molar-refractivity contribution in [1.29, 1.82) is 0 Å². The Labute approximate surface area is 399 Å². The minimum absolute atomic E-state index is 0.0383. The standard InChI is InChI=1S/C45H80BrN5O15/c46-33-40(54)47-24-18-17-19-36(44(59)60)51-42(56)35-66-32-30-64-28-26-49-41(55)34-65-31-29-63-27-25-48-38(52)23-22-37(45(61)62)50-39(53)20-15-13-11-9-7-5-3-1-2-4-6-8-10-12-14-16-21-43(57)58/h36-37H,1-35H2,(H,47,54)(H,48,52)(H,49,55)(H,50,53)(H,51,56)(H,57,58)(H,59,60)(H,61,62)/t36-,37-/m0/s1. The van der Waals surface area contributed by atoms with Gasteiger partial charge in [0.25, 0.3) is 0 Å². The lowest BCUT2D eigenvalue weighted by Gasteiger charge is -2.14. The predicted molar refractivity (Wildman–Crippen MR) is 249 cm³/mol. The van der Waals surface area contributed by atoms with Crippen molar-refractivity contribution in [3.05, 3.63) is 0 Å². The van der Waals surface area contributed by atoms with E-state index in [1.54, 1.807) is 0 Å². The predicted octanol–water partition coefficient (Wildman–Crippen LogP) is 3.99. The first-order valence-electron chi connectivity index (χ1n) is 23.8. The maximum Gasteiger partial charge on any atom is 0.326 e. The summed E-state index contributed by atoms with van der Waals surface area (Å²) < 4.78 is 21.2. The molecule has 0 spiro atoms. The van der Waals surface area contributed by atoms with Gasteiger partial charge in [0, 0.05) is 38.9 Å². The van der Waals surface area contributed by atoms with E-state index >= 15 is 0 Å². The number of carbonyl (C=O) groups is 8. The number of amides is 5. The second kappa shape index (κ2) is 44.9. The molecule has 0 aliphatic rings. The van der Waals surface area contributed by atoms with E-state index in [9.17, 15) is 48.6 Å². The number of nitrogens with one attached hydrogen (secondary N) is 5. The van der Waals surface area contributed by atoms with Crippen LogP contribution in [0.2, 0.25) is 0 Å². The summed E-state index contributed by atoms with van der Waals surface area (Å²) in [5.41, 5.74) is 0. The monoisotopic (exact) mass is 1010 g/mol. The van der Waals surface area contributed by atoms with Crippen LogP contribution in [0.25, 0.3) is 0 Å². The average Bonchev–Trinajstić information content (AvgIpc) is 3.28. The van der Waals surface area contributed by atoms with Gasteiger partial charge >= 0.3 is 17.9 Å². The summed E-state index contributed by atoms with van der Waals surface area (Å²) in [5.74, 6) is -4.86. The third-order valence-corrected chi connectivity index (χ3v) is 10.7. The van der Waals surface area contributed by atoms with E-state index < -0.39 is 35.9 Å². The molecule has 382 valence electrons. The van der Waals surface area contributed by atoms with Crippen LogP contribution in [-0.2, 0) is 57.3 Å². The molecule has 20 nitrogen and oxygen atoms in total. The van der Waals surface area contributed by atoms with Crippen LogP contribution < -0.4 is 26.6 Å². The first-order valence-corrected chi connectivity index (χ1v) is 24.9. The van der Waals surface area contributed by atoms with Crippen molar-refractivity contribution >= 4 is 63.4 Å². The molecule has 0 bridgehead atoms. The smallest absolute Gasteiger partial charge is 0.326 e. The van der Waals surface area contributed by atoms with E-state index in [0.717, 1.165) is 38.5 Å². The minimum atomic E-state index is -1.19. The van der Waals surface area contributed by atoms with Crippen LogP contribution in [0.3, 0.4) is 0 Å². The van der Waals surface area contributed by atoms with E-state index in [1.807, 2.05) is 0 Å². The number of carbonyl (C=O) groups excluding carboxylic acids is 5. The zero-order valence-corrected chi connectivity index (χ0v) is 40.6. The van der Waals surface area contributed by atoms with Gasteiger partial charge in [-0.3, -0.25) is 28.8 Å². The fourth-order valence-electron chi connectivity index (χ4n) is 6.51. The fourth-order valence-corrected chi connectivity index (χ4v) is 6.71. The molecule has 0 rings (SSSR count). The number of halogens is 1. The summed E-state index contributed by atoms with van der Waals surface area (Å²) in [4.78, 5) is 93.4. The molecule has 0 unspecified atom stereocenters. The molecule has 0 aliphatic carbocycles. The number of ether oxygens (including phenoxy) is 4. The van der Waals surface area contributed by atoms with Gasteiger partial charge in [0.1, 0.15) is 25.3 Å². The van der Waals surface area contributed by atoms with Crippen molar-refractivity contribution in [2.75, 3.05) is 77.8 Å². The Morgan fingerprint density at radius 2 is 0.788 bits per heavy atom. The third-order valence-electron chi connectivity index (χ3n) is 10.2. The van der Waals surface area contributed by atoms with Crippen LogP contribution in [0, 0.1) is 0 Å². The lowest BCUT2D eigenvalue weighted by atomic mass is 10.0. The number of hydrogen-bond donors (Lipinski definition) is 8. The Morgan fingerprint density at radius 1 is 0.379 bits per heavy atom. The van der Waals surface area contributed by atoms with Gasteiger partial charge < -0.3 is 60.9 Å². The van der Waals surface area contributed by atoms with E-state index in [-0.39, 0.29) is 127 Å². The van der Waals surface area contributed by atoms with Crippen LogP contribution in [-0.4, -0.2) is 153 Å². The van der Waals surface area contributed by atoms with Gasteiger partial charge in [0.15, 0.2) is 0 Å². The first kappa shape index (κ1) is 62.1. The second-order valence-electron chi connectivity index (χ2n) is 16.0. The number of unbranched alkanes of at least 4 members (excludes halogenated alkanes) is 16. The molecule has 0 aromatic carbocycles. The van der Waals surface area contributed by atoms with Crippen LogP contribution in [0.4, 0.5) is 0 Å². The number of aliphatic carboxylic acids is 3. The Balaban J connectivity index is 3.72. The number of rotatable bonds is 48. The van der Waals surface area contributed by atoms with Crippen LogP contribution >= 0.6 is 15.9 Å². The fraction of sp³-hybridized carbons (Fsp3) is 0.822. The SMILES string of the molecule is O=C(O)CCCCCCCCCCCCCCCCCCC(=O)N[C@@H](CCC(=O)NCCOCCOCC(=O)NCCOCCOCC(=O)N[C@@H](CCCCNC(=O)CBr)C(=O)O)C(=O)O. The molecule has 0 saturated heterocycles. The molecule has 0 fully saturated rings. The number of hydrogen-bond acceptors (Lipinski definition) is 12. The van der Waals surface area contributed by atoms with Crippen molar-refractivity contribution in [2.45, 2.75) is 160 Å². The summed E-state index contributed by atoms with van der Waals surface area (Å²) in [5, 5.41) is 40.6. The summed E-state index contributed by atoms with van der Waals surface area (Å²) in [6.07, 6.45) is 19.4. The average molecular weight is 1010 g/mol. The lowest BCUT2D eigenvalue weighted by Crippen LogP contribution is -2.42. The van der Waals surface area contributed by atoms with Crippen LogP contribution in [0.1, 0.15) is 148 Å². The molecule has 0 saturated carbocycles. The van der Waals surface area contributed by atoms with Gasteiger partial charge in [-0.15, -0.1) is 0 Å². The second-order valence-corrected chi connectivity index (χ2v) is 16.6. The molecule has 0 aromatic rings. The number of alkyl halides is 1. The Morgan fingerprint density at radius 3 is 1.27 bits per heavy atom. The zero-order chi connectivity index (χ0) is 48.9. The molecule has 66 heavy (non-hydrogen) atoms.